The quantitative estimate of drug-likeness (QED) is 0.941. The van der Waals surface area contributed by atoms with Gasteiger partial charge in [-0.2, -0.15) is 0 Å². The van der Waals surface area contributed by atoms with E-state index in [1.54, 1.807) is 11.3 Å². The molecule has 1 aliphatic carbocycles. The third-order valence-electron chi connectivity index (χ3n) is 3.96. The zero-order valence-electron chi connectivity index (χ0n) is 10.6. The van der Waals surface area contributed by atoms with Gasteiger partial charge in [-0.15, -0.1) is 11.3 Å². The van der Waals surface area contributed by atoms with Crippen molar-refractivity contribution in [2.75, 3.05) is 0 Å². The molecule has 0 amide bonds. The first-order valence-electron chi connectivity index (χ1n) is 6.58. The van der Waals surface area contributed by atoms with Crippen molar-refractivity contribution in [3.63, 3.8) is 0 Å². The zero-order chi connectivity index (χ0) is 13.5. The number of aromatic nitrogens is 2. The molecule has 3 rings (SSSR count). The lowest BCUT2D eigenvalue weighted by molar-refractivity contribution is -0.0481. The fourth-order valence-corrected chi connectivity index (χ4v) is 3.49. The lowest BCUT2D eigenvalue weighted by atomic mass is 9.81. The Kier molecular flexibility index (Phi) is 3.30. The molecule has 2 heterocycles. The van der Waals surface area contributed by atoms with Gasteiger partial charge in [0.25, 0.3) is 0 Å². The molecule has 104 valence electrons. The maximum Gasteiger partial charge on any atom is 0.248 e. The third-order valence-corrected chi connectivity index (χ3v) is 4.73. The Bertz CT molecular complexity index is 524. The molecule has 0 aromatic carbocycles. The summed E-state index contributed by atoms with van der Waals surface area (Å²) >= 11 is 1.58. The summed E-state index contributed by atoms with van der Waals surface area (Å²) in [5, 5.41) is 1.98. The van der Waals surface area contributed by atoms with Crippen LogP contribution in [-0.2, 0) is 6.42 Å². The van der Waals surface area contributed by atoms with Crippen molar-refractivity contribution < 1.29 is 8.78 Å². The molecule has 1 fully saturated rings. The van der Waals surface area contributed by atoms with Crippen LogP contribution in [0.2, 0.25) is 0 Å². The van der Waals surface area contributed by atoms with E-state index >= 15 is 0 Å². The van der Waals surface area contributed by atoms with Gasteiger partial charge in [-0.25, -0.2) is 13.8 Å². The molecule has 1 unspecified atom stereocenters. The minimum atomic E-state index is -2.48. The number of hydrogen-bond donors (Lipinski definition) is 1. The van der Waals surface area contributed by atoms with Gasteiger partial charge in [-0.1, -0.05) is 0 Å². The van der Waals surface area contributed by atoms with Crippen molar-refractivity contribution in [1.29, 1.82) is 0 Å². The normalized spacial score (nSPS) is 21.8. The highest BCUT2D eigenvalue weighted by Gasteiger charge is 2.36. The Hall–Kier alpha value is -1.01. The number of nitrogens with two attached hydrogens (primary N) is 1. The van der Waals surface area contributed by atoms with Gasteiger partial charge in [0, 0.05) is 43.1 Å². The minimum absolute atomic E-state index is 0.0242. The molecule has 0 aliphatic heterocycles. The Morgan fingerprint density at radius 2 is 2.21 bits per heavy atom. The van der Waals surface area contributed by atoms with E-state index in [1.165, 1.54) is 0 Å². The smallest absolute Gasteiger partial charge is 0.248 e. The second kappa shape index (κ2) is 4.83. The summed E-state index contributed by atoms with van der Waals surface area (Å²) in [4.78, 5) is 5.45. The van der Waals surface area contributed by atoms with Crippen molar-refractivity contribution in [3.8, 4) is 0 Å². The van der Waals surface area contributed by atoms with Crippen LogP contribution in [0.3, 0.4) is 0 Å². The SMILES string of the molecule is NC(Cc1cn2ccsc2n1)C1CCC(F)(F)CC1. The van der Waals surface area contributed by atoms with Crippen molar-refractivity contribution in [1.82, 2.24) is 9.38 Å². The molecular weight excluding hydrogens is 268 g/mol. The van der Waals surface area contributed by atoms with Crippen LogP contribution in [0.1, 0.15) is 31.4 Å². The van der Waals surface area contributed by atoms with E-state index in [0.29, 0.717) is 19.3 Å². The average molecular weight is 285 g/mol. The van der Waals surface area contributed by atoms with Crippen LogP contribution < -0.4 is 5.73 Å². The Balaban J connectivity index is 1.62. The number of imidazole rings is 1. The Labute approximate surface area is 114 Å². The van der Waals surface area contributed by atoms with Gasteiger partial charge in [0.05, 0.1) is 5.69 Å². The summed E-state index contributed by atoms with van der Waals surface area (Å²) in [6, 6.07) is -0.0688. The highest BCUT2D eigenvalue weighted by atomic mass is 32.1. The van der Waals surface area contributed by atoms with E-state index < -0.39 is 5.92 Å². The molecule has 3 nitrogen and oxygen atoms in total. The highest BCUT2D eigenvalue weighted by Crippen LogP contribution is 2.37. The predicted molar refractivity (Wildman–Crippen MR) is 71.7 cm³/mol. The number of hydrogen-bond acceptors (Lipinski definition) is 3. The lowest BCUT2D eigenvalue weighted by Gasteiger charge is -2.31. The fraction of sp³-hybridized carbons (Fsp3) is 0.615. The molecule has 0 radical (unpaired) electrons. The van der Waals surface area contributed by atoms with Gasteiger partial charge in [0.2, 0.25) is 5.92 Å². The van der Waals surface area contributed by atoms with Crippen LogP contribution in [0.4, 0.5) is 8.78 Å². The van der Waals surface area contributed by atoms with Crippen LogP contribution in [0.5, 0.6) is 0 Å². The first-order valence-corrected chi connectivity index (χ1v) is 7.46. The molecule has 2 aromatic rings. The predicted octanol–water partition coefficient (Wildman–Crippen LogP) is 3.09. The zero-order valence-corrected chi connectivity index (χ0v) is 11.4. The summed E-state index contributed by atoms with van der Waals surface area (Å²) in [7, 11) is 0. The Morgan fingerprint density at radius 1 is 1.47 bits per heavy atom. The summed E-state index contributed by atoms with van der Waals surface area (Å²) in [5.74, 6) is -2.29. The maximum absolute atomic E-state index is 13.1. The monoisotopic (exact) mass is 285 g/mol. The molecule has 2 aromatic heterocycles. The van der Waals surface area contributed by atoms with Crippen molar-refractivity contribution in [3.05, 3.63) is 23.5 Å². The summed E-state index contributed by atoms with van der Waals surface area (Å²) < 4.78 is 28.2. The molecular formula is C13H17F2N3S. The average Bonchev–Trinajstić information content (AvgIpc) is 2.89. The first kappa shape index (κ1) is 13.0. The number of nitrogens with zero attached hydrogens (tertiary/aromatic N) is 2. The number of thiazole rings is 1. The minimum Gasteiger partial charge on any atom is -0.327 e. The number of halogens is 2. The maximum atomic E-state index is 13.1. The van der Waals surface area contributed by atoms with E-state index in [4.69, 9.17) is 5.73 Å². The van der Waals surface area contributed by atoms with Crippen LogP contribution in [-0.4, -0.2) is 21.3 Å². The van der Waals surface area contributed by atoms with E-state index in [0.717, 1.165) is 10.7 Å². The van der Waals surface area contributed by atoms with Gasteiger partial charge in [-0.3, -0.25) is 4.40 Å². The van der Waals surface area contributed by atoms with Gasteiger partial charge in [0.15, 0.2) is 4.96 Å². The molecule has 0 saturated heterocycles. The Morgan fingerprint density at radius 3 is 2.89 bits per heavy atom. The molecule has 1 atom stereocenters. The van der Waals surface area contributed by atoms with E-state index in [2.05, 4.69) is 4.98 Å². The molecule has 6 heteroatoms. The molecule has 0 bridgehead atoms. The molecule has 19 heavy (non-hydrogen) atoms. The highest BCUT2D eigenvalue weighted by molar-refractivity contribution is 7.15. The van der Waals surface area contributed by atoms with Crippen LogP contribution in [0.15, 0.2) is 17.8 Å². The standard InChI is InChI=1S/C13H17F2N3S/c14-13(15)3-1-9(2-4-13)11(16)7-10-8-18-5-6-19-12(18)17-10/h5-6,8-9,11H,1-4,7,16H2. The van der Waals surface area contributed by atoms with Gasteiger partial charge < -0.3 is 5.73 Å². The van der Waals surface area contributed by atoms with Crippen molar-refractivity contribution in [2.45, 2.75) is 44.1 Å². The van der Waals surface area contributed by atoms with Gasteiger partial charge in [-0.05, 0) is 18.8 Å². The van der Waals surface area contributed by atoms with Crippen molar-refractivity contribution in [2.24, 2.45) is 11.7 Å². The van der Waals surface area contributed by atoms with Gasteiger partial charge in [0.1, 0.15) is 0 Å². The van der Waals surface area contributed by atoms with Gasteiger partial charge >= 0.3 is 0 Å². The summed E-state index contributed by atoms with van der Waals surface area (Å²) in [6.07, 6.45) is 5.61. The summed E-state index contributed by atoms with van der Waals surface area (Å²) in [5.41, 5.74) is 7.12. The van der Waals surface area contributed by atoms with Crippen molar-refractivity contribution >= 4 is 16.3 Å². The lowest BCUT2D eigenvalue weighted by Crippen LogP contribution is -2.37. The van der Waals surface area contributed by atoms with Crippen LogP contribution in [0.25, 0.3) is 4.96 Å². The third kappa shape index (κ3) is 2.79. The fourth-order valence-electron chi connectivity index (χ4n) is 2.77. The topological polar surface area (TPSA) is 43.3 Å². The first-order chi connectivity index (χ1) is 9.03. The molecule has 1 aliphatic rings. The van der Waals surface area contributed by atoms with Crippen LogP contribution in [0, 0.1) is 5.92 Å². The van der Waals surface area contributed by atoms with Crippen LogP contribution >= 0.6 is 11.3 Å². The van der Waals surface area contributed by atoms with E-state index in [-0.39, 0.29) is 24.8 Å². The molecule has 0 spiro atoms. The number of rotatable bonds is 3. The van der Waals surface area contributed by atoms with E-state index in [1.807, 2.05) is 22.2 Å². The molecule has 1 saturated carbocycles. The second-order valence-electron chi connectivity index (χ2n) is 5.39. The summed E-state index contributed by atoms with van der Waals surface area (Å²) in [6.45, 7) is 0. The largest absolute Gasteiger partial charge is 0.327 e. The van der Waals surface area contributed by atoms with E-state index in [9.17, 15) is 8.78 Å². The second-order valence-corrected chi connectivity index (χ2v) is 6.26. The number of fused-ring (bicyclic) bond motifs is 1. The molecule has 2 N–H and O–H groups in total. The number of alkyl halides is 2.